The van der Waals surface area contributed by atoms with Crippen molar-refractivity contribution >= 4 is 5.97 Å². The number of hydrogen-bond donors (Lipinski definition) is 2. The van der Waals surface area contributed by atoms with Crippen LogP contribution in [0.3, 0.4) is 0 Å². The summed E-state index contributed by atoms with van der Waals surface area (Å²) in [6.07, 6.45) is -1.73. The minimum absolute atomic E-state index is 0.0931. The van der Waals surface area contributed by atoms with Crippen LogP contribution in [0, 0.1) is 0 Å². The smallest absolute Gasteiger partial charge is 0.338 e. The van der Waals surface area contributed by atoms with Crippen LogP contribution in [0.1, 0.15) is 18.7 Å². The highest BCUT2D eigenvalue weighted by Crippen LogP contribution is 2.24. The third-order valence-corrected chi connectivity index (χ3v) is 2.13. The molecule has 17 heavy (non-hydrogen) atoms. The summed E-state index contributed by atoms with van der Waals surface area (Å²) in [6.45, 7) is 1.74. The Bertz CT molecular complexity index is 382. The van der Waals surface area contributed by atoms with E-state index < -0.39 is 18.2 Å². The van der Waals surface area contributed by atoms with Crippen molar-refractivity contribution < 1.29 is 24.5 Å². The molecule has 0 aromatic carbocycles. The van der Waals surface area contributed by atoms with Crippen LogP contribution in [-0.2, 0) is 9.53 Å². The average molecular weight is 241 g/mol. The zero-order chi connectivity index (χ0) is 12.8. The van der Waals surface area contributed by atoms with Crippen molar-refractivity contribution in [2.75, 3.05) is 13.7 Å². The molecule has 2 N–H and O–H groups in total. The molecule has 0 aliphatic heterocycles. The first-order valence-corrected chi connectivity index (χ1v) is 5.13. The third kappa shape index (κ3) is 3.15. The number of pyridine rings is 1. The molecule has 0 spiro atoms. The molecular formula is C11H15NO5. The lowest BCUT2D eigenvalue weighted by Crippen LogP contribution is -2.30. The van der Waals surface area contributed by atoms with Crippen molar-refractivity contribution in [2.24, 2.45) is 0 Å². The maximum absolute atomic E-state index is 11.3. The van der Waals surface area contributed by atoms with Crippen LogP contribution in [0.15, 0.2) is 18.3 Å². The first-order chi connectivity index (χ1) is 8.11. The molecule has 0 saturated heterocycles. The standard InChI is InChI=1S/C11H15NO5/c1-3-17-11(15)10(14)9(13)8-7(16-2)5-4-6-12-8/h4-6,9-10,13-14H,3H2,1-2H3. The van der Waals surface area contributed by atoms with E-state index in [4.69, 9.17) is 4.74 Å². The van der Waals surface area contributed by atoms with E-state index in [0.29, 0.717) is 5.75 Å². The number of carbonyl (C=O) groups excluding carboxylic acids is 1. The molecule has 0 saturated carbocycles. The minimum Gasteiger partial charge on any atom is -0.495 e. The normalized spacial score (nSPS) is 13.9. The number of rotatable bonds is 5. The van der Waals surface area contributed by atoms with E-state index >= 15 is 0 Å². The van der Waals surface area contributed by atoms with E-state index in [1.165, 1.54) is 13.3 Å². The molecule has 0 bridgehead atoms. The zero-order valence-corrected chi connectivity index (χ0v) is 9.66. The van der Waals surface area contributed by atoms with Crippen LogP contribution in [0.5, 0.6) is 5.75 Å². The van der Waals surface area contributed by atoms with Gasteiger partial charge in [0.2, 0.25) is 0 Å². The van der Waals surface area contributed by atoms with E-state index in [1.807, 2.05) is 0 Å². The molecule has 1 aromatic rings. The summed E-state index contributed by atoms with van der Waals surface area (Å²) < 4.78 is 9.57. The fourth-order valence-electron chi connectivity index (χ4n) is 1.30. The Morgan fingerprint density at radius 2 is 2.24 bits per heavy atom. The average Bonchev–Trinajstić information content (AvgIpc) is 2.37. The van der Waals surface area contributed by atoms with Crippen LogP contribution < -0.4 is 4.74 Å². The molecule has 0 radical (unpaired) electrons. The van der Waals surface area contributed by atoms with E-state index in [-0.39, 0.29) is 12.3 Å². The fourth-order valence-corrected chi connectivity index (χ4v) is 1.30. The van der Waals surface area contributed by atoms with Gasteiger partial charge < -0.3 is 19.7 Å². The second-order valence-electron chi connectivity index (χ2n) is 3.23. The van der Waals surface area contributed by atoms with Crippen LogP contribution in [0.4, 0.5) is 0 Å². The molecule has 94 valence electrons. The van der Waals surface area contributed by atoms with Gasteiger partial charge in [-0.3, -0.25) is 4.98 Å². The Labute approximate surface area is 98.8 Å². The first-order valence-electron chi connectivity index (χ1n) is 5.13. The summed E-state index contributed by atoms with van der Waals surface area (Å²) in [4.78, 5) is 15.1. The first kappa shape index (κ1) is 13.4. The Morgan fingerprint density at radius 1 is 1.53 bits per heavy atom. The van der Waals surface area contributed by atoms with Crippen molar-refractivity contribution in [3.8, 4) is 5.75 Å². The number of aliphatic hydroxyl groups is 2. The lowest BCUT2D eigenvalue weighted by Gasteiger charge is -2.17. The van der Waals surface area contributed by atoms with Gasteiger partial charge in [-0.25, -0.2) is 4.79 Å². The van der Waals surface area contributed by atoms with E-state index in [2.05, 4.69) is 9.72 Å². The molecule has 0 aliphatic carbocycles. The van der Waals surface area contributed by atoms with Crippen molar-refractivity contribution in [3.63, 3.8) is 0 Å². The quantitative estimate of drug-likeness (QED) is 0.708. The molecule has 0 amide bonds. The second-order valence-corrected chi connectivity index (χ2v) is 3.23. The van der Waals surface area contributed by atoms with Gasteiger partial charge in [0.25, 0.3) is 0 Å². The van der Waals surface area contributed by atoms with Gasteiger partial charge in [0, 0.05) is 6.20 Å². The molecule has 2 unspecified atom stereocenters. The molecular weight excluding hydrogens is 226 g/mol. The number of ether oxygens (including phenoxy) is 2. The molecule has 1 heterocycles. The molecule has 6 heteroatoms. The lowest BCUT2D eigenvalue weighted by atomic mass is 10.1. The molecule has 1 aromatic heterocycles. The van der Waals surface area contributed by atoms with Gasteiger partial charge in [-0.2, -0.15) is 0 Å². The second kappa shape index (κ2) is 6.17. The van der Waals surface area contributed by atoms with Crippen LogP contribution >= 0.6 is 0 Å². The maximum atomic E-state index is 11.3. The number of methoxy groups -OCH3 is 1. The van der Waals surface area contributed by atoms with E-state index in [9.17, 15) is 15.0 Å². The lowest BCUT2D eigenvalue weighted by molar-refractivity contribution is -0.159. The third-order valence-electron chi connectivity index (χ3n) is 2.13. The predicted octanol–water partition coefficient (Wildman–Crippen LogP) is 0.0476. The molecule has 6 nitrogen and oxygen atoms in total. The topological polar surface area (TPSA) is 88.9 Å². The maximum Gasteiger partial charge on any atom is 0.338 e. The monoisotopic (exact) mass is 241 g/mol. The van der Waals surface area contributed by atoms with Gasteiger partial charge in [0.1, 0.15) is 17.5 Å². The Hall–Kier alpha value is -1.66. The number of aliphatic hydroxyl groups excluding tert-OH is 2. The van der Waals surface area contributed by atoms with E-state index in [0.717, 1.165) is 0 Å². The van der Waals surface area contributed by atoms with Crippen LogP contribution in [0.2, 0.25) is 0 Å². The Kier molecular flexibility index (Phi) is 4.86. The molecule has 1 rings (SSSR count). The summed E-state index contributed by atoms with van der Waals surface area (Å²) in [6, 6.07) is 3.19. The van der Waals surface area contributed by atoms with Crippen molar-refractivity contribution in [1.29, 1.82) is 0 Å². The molecule has 2 atom stereocenters. The van der Waals surface area contributed by atoms with Crippen molar-refractivity contribution in [2.45, 2.75) is 19.1 Å². The summed E-state index contributed by atoms with van der Waals surface area (Å²) in [7, 11) is 1.41. The zero-order valence-electron chi connectivity index (χ0n) is 9.66. The largest absolute Gasteiger partial charge is 0.495 e. The highest BCUT2D eigenvalue weighted by molar-refractivity contribution is 5.75. The number of hydrogen-bond acceptors (Lipinski definition) is 6. The Balaban J connectivity index is 2.88. The van der Waals surface area contributed by atoms with Gasteiger partial charge in [-0.1, -0.05) is 0 Å². The van der Waals surface area contributed by atoms with Gasteiger partial charge >= 0.3 is 5.97 Å². The SMILES string of the molecule is CCOC(=O)C(O)C(O)c1ncccc1OC. The Morgan fingerprint density at radius 3 is 2.82 bits per heavy atom. The van der Waals surface area contributed by atoms with Gasteiger partial charge in [-0.05, 0) is 19.1 Å². The highest BCUT2D eigenvalue weighted by Gasteiger charge is 2.30. The van der Waals surface area contributed by atoms with Crippen LogP contribution in [-0.4, -0.2) is 41.0 Å². The molecule has 0 aliphatic rings. The number of carbonyl (C=O) groups is 1. The van der Waals surface area contributed by atoms with Crippen LogP contribution in [0.25, 0.3) is 0 Å². The summed E-state index contributed by atoms with van der Waals surface area (Å²) in [5.74, 6) is -0.601. The molecule has 0 fully saturated rings. The van der Waals surface area contributed by atoms with Gasteiger partial charge in [0.15, 0.2) is 6.10 Å². The van der Waals surface area contributed by atoms with E-state index in [1.54, 1.807) is 19.1 Å². The summed E-state index contributed by atoms with van der Waals surface area (Å²) >= 11 is 0. The van der Waals surface area contributed by atoms with Crippen molar-refractivity contribution in [3.05, 3.63) is 24.0 Å². The fraction of sp³-hybridized carbons (Fsp3) is 0.455. The minimum atomic E-state index is -1.68. The predicted molar refractivity (Wildman–Crippen MR) is 58.4 cm³/mol. The number of aromatic nitrogens is 1. The highest BCUT2D eigenvalue weighted by atomic mass is 16.5. The summed E-state index contributed by atoms with van der Waals surface area (Å²) in [5.41, 5.74) is 0.0931. The summed E-state index contributed by atoms with van der Waals surface area (Å²) in [5, 5.41) is 19.4. The number of nitrogens with zero attached hydrogens (tertiary/aromatic N) is 1. The van der Waals surface area contributed by atoms with Gasteiger partial charge in [-0.15, -0.1) is 0 Å². The van der Waals surface area contributed by atoms with Crippen molar-refractivity contribution in [1.82, 2.24) is 4.98 Å². The number of esters is 1. The van der Waals surface area contributed by atoms with Gasteiger partial charge in [0.05, 0.1) is 13.7 Å².